The number of amides is 1. The van der Waals surface area contributed by atoms with E-state index in [1.54, 1.807) is 11.3 Å². The lowest BCUT2D eigenvalue weighted by molar-refractivity contribution is 0.0935. The van der Waals surface area contributed by atoms with Crippen molar-refractivity contribution in [1.29, 1.82) is 0 Å². The third kappa shape index (κ3) is 1.99. The molecule has 2 aromatic carbocycles. The Morgan fingerprint density at radius 3 is 2.73 bits per heavy atom. The lowest BCUT2D eigenvalue weighted by atomic mass is 10.0. The van der Waals surface area contributed by atoms with Gasteiger partial charge < -0.3 is 10.6 Å². The Hall–Kier alpha value is -2.04. The Labute approximate surface area is 136 Å². The van der Waals surface area contributed by atoms with Crippen LogP contribution in [0.5, 0.6) is 0 Å². The number of benzene rings is 2. The Morgan fingerprint density at radius 2 is 1.91 bits per heavy atom. The molecule has 0 radical (unpaired) electrons. The minimum absolute atomic E-state index is 0.0645. The van der Waals surface area contributed by atoms with Crippen LogP contribution in [0.2, 0.25) is 5.02 Å². The van der Waals surface area contributed by atoms with Gasteiger partial charge in [0.2, 0.25) is 0 Å². The van der Waals surface area contributed by atoms with Crippen molar-refractivity contribution in [2.75, 3.05) is 5.32 Å². The number of halogens is 1. The van der Waals surface area contributed by atoms with Crippen molar-refractivity contribution in [3.8, 4) is 0 Å². The van der Waals surface area contributed by atoms with Gasteiger partial charge in [0.05, 0.1) is 15.5 Å². The van der Waals surface area contributed by atoms with E-state index in [0.717, 1.165) is 26.2 Å². The first-order chi connectivity index (χ1) is 10.6. The van der Waals surface area contributed by atoms with Crippen LogP contribution >= 0.6 is 22.9 Å². The van der Waals surface area contributed by atoms with Crippen molar-refractivity contribution in [2.24, 2.45) is 0 Å². The van der Waals surface area contributed by atoms with Crippen molar-refractivity contribution in [2.45, 2.75) is 13.1 Å². The largest absolute Gasteiger partial charge is 0.360 e. The summed E-state index contributed by atoms with van der Waals surface area (Å²) in [5, 5.41) is 8.11. The van der Waals surface area contributed by atoms with Gasteiger partial charge in [-0.15, -0.1) is 11.3 Å². The van der Waals surface area contributed by atoms with E-state index in [1.807, 2.05) is 49.4 Å². The van der Waals surface area contributed by atoms with E-state index in [0.29, 0.717) is 10.6 Å². The maximum absolute atomic E-state index is 12.4. The molecule has 1 aromatic heterocycles. The fourth-order valence-corrected chi connectivity index (χ4v) is 4.38. The lowest BCUT2D eigenvalue weighted by Gasteiger charge is -2.28. The molecule has 0 saturated carbocycles. The zero-order chi connectivity index (χ0) is 15.3. The molecule has 1 aliphatic heterocycles. The summed E-state index contributed by atoms with van der Waals surface area (Å²) in [4.78, 5) is 13.4. The summed E-state index contributed by atoms with van der Waals surface area (Å²) in [7, 11) is 0. The number of fused-ring (bicyclic) bond motifs is 2. The van der Waals surface area contributed by atoms with E-state index in [1.165, 1.54) is 0 Å². The zero-order valence-electron chi connectivity index (χ0n) is 11.8. The first-order valence-electron chi connectivity index (χ1n) is 6.99. The fourth-order valence-electron chi connectivity index (χ4n) is 2.83. The summed E-state index contributed by atoms with van der Waals surface area (Å²) >= 11 is 8.12. The second-order valence-corrected chi connectivity index (χ2v) is 6.79. The first-order valence-corrected chi connectivity index (χ1v) is 8.18. The Morgan fingerprint density at radius 1 is 1.09 bits per heavy atom. The standard InChI is InChI=1S/C17H13ClN2OS/c1-9-5-4-7-11-13(9)17(21)20-16(19-11)15-14(18)10-6-2-3-8-12(10)22-15/h2-8,16,19H,1H3,(H,20,21)/t16-/m0/s1. The number of rotatable bonds is 1. The lowest BCUT2D eigenvalue weighted by Crippen LogP contribution is -2.38. The van der Waals surface area contributed by atoms with Crippen molar-refractivity contribution < 1.29 is 4.79 Å². The second-order valence-electron chi connectivity index (χ2n) is 5.32. The average molecular weight is 329 g/mol. The summed E-state index contributed by atoms with van der Waals surface area (Å²) in [5.74, 6) is -0.0645. The van der Waals surface area contributed by atoms with E-state index >= 15 is 0 Å². The third-order valence-corrected chi connectivity index (χ3v) is 5.65. The summed E-state index contributed by atoms with van der Waals surface area (Å²) in [5.41, 5.74) is 2.52. The zero-order valence-corrected chi connectivity index (χ0v) is 13.4. The van der Waals surface area contributed by atoms with Crippen LogP contribution in [0.15, 0.2) is 42.5 Å². The number of nitrogens with one attached hydrogen (secondary N) is 2. The molecule has 0 spiro atoms. The average Bonchev–Trinajstić information content (AvgIpc) is 2.85. The van der Waals surface area contributed by atoms with Gasteiger partial charge in [0.15, 0.2) is 0 Å². The van der Waals surface area contributed by atoms with Crippen molar-refractivity contribution in [1.82, 2.24) is 5.32 Å². The molecule has 1 atom stereocenters. The SMILES string of the molecule is Cc1cccc2c1C(=O)N[C@@H](c1sc3ccccc3c1Cl)N2. The molecule has 4 rings (SSSR count). The van der Waals surface area contributed by atoms with Crippen molar-refractivity contribution >= 4 is 44.6 Å². The van der Waals surface area contributed by atoms with Crippen LogP contribution in [-0.4, -0.2) is 5.91 Å². The van der Waals surface area contributed by atoms with Gasteiger partial charge in [0.1, 0.15) is 6.17 Å². The highest BCUT2D eigenvalue weighted by molar-refractivity contribution is 7.19. The van der Waals surface area contributed by atoms with Crippen LogP contribution in [0.4, 0.5) is 5.69 Å². The summed E-state index contributed by atoms with van der Waals surface area (Å²) in [6, 6.07) is 13.8. The Bertz CT molecular complexity index is 903. The third-order valence-electron chi connectivity index (χ3n) is 3.90. The van der Waals surface area contributed by atoms with E-state index in [2.05, 4.69) is 10.6 Å². The molecular formula is C17H13ClN2OS. The van der Waals surface area contributed by atoms with Crippen LogP contribution in [0.3, 0.4) is 0 Å². The normalized spacial score (nSPS) is 17.0. The van der Waals surface area contributed by atoms with Crippen LogP contribution in [-0.2, 0) is 0 Å². The van der Waals surface area contributed by atoms with Crippen LogP contribution < -0.4 is 10.6 Å². The topological polar surface area (TPSA) is 41.1 Å². The number of carbonyl (C=O) groups excluding carboxylic acids is 1. The highest BCUT2D eigenvalue weighted by atomic mass is 35.5. The smallest absolute Gasteiger partial charge is 0.255 e. The predicted octanol–water partition coefficient (Wildman–Crippen LogP) is 4.72. The number of carbonyl (C=O) groups is 1. The van der Waals surface area contributed by atoms with Gasteiger partial charge in [-0.05, 0) is 24.6 Å². The molecule has 1 aliphatic rings. The predicted molar refractivity (Wildman–Crippen MR) is 91.8 cm³/mol. The molecule has 3 nitrogen and oxygen atoms in total. The minimum Gasteiger partial charge on any atom is -0.360 e. The van der Waals surface area contributed by atoms with Gasteiger partial charge in [-0.2, -0.15) is 0 Å². The van der Waals surface area contributed by atoms with E-state index in [-0.39, 0.29) is 12.1 Å². The molecule has 110 valence electrons. The van der Waals surface area contributed by atoms with Crippen LogP contribution in [0.1, 0.15) is 27.0 Å². The first kappa shape index (κ1) is 13.6. The van der Waals surface area contributed by atoms with Gasteiger partial charge in [-0.1, -0.05) is 41.9 Å². The molecule has 0 fully saturated rings. The van der Waals surface area contributed by atoms with E-state index in [4.69, 9.17) is 11.6 Å². The fraction of sp³-hybridized carbons (Fsp3) is 0.118. The van der Waals surface area contributed by atoms with E-state index in [9.17, 15) is 4.79 Å². The van der Waals surface area contributed by atoms with Crippen LogP contribution in [0, 0.1) is 6.92 Å². The summed E-state index contributed by atoms with van der Waals surface area (Å²) in [6.45, 7) is 1.94. The van der Waals surface area contributed by atoms with Crippen molar-refractivity contribution in [3.05, 3.63) is 63.5 Å². The quantitative estimate of drug-likeness (QED) is 0.678. The second kappa shape index (κ2) is 5.00. The van der Waals surface area contributed by atoms with Gasteiger partial charge in [0.25, 0.3) is 5.91 Å². The van der Waals surface area contributed by atoms with Crippen LogP contribution in [0.25, 0.3) is 10.1 Å². The molecule has 0 aliphatic carbocycles. The van der Waals surface area contributed by atoms with Crippen molar-refractivity contribution in [3.63, 3.8) is 0 Å². The highest BCUT2D eigenvalue weighted by Gasteiger charge is 2.28. The molecule has 22 heavy (non-hydrogen) atoms. The van der Waals surface area contributed by atoms with Gasteiger partial charge >= 0.3 is 0 Å². The van der Waals surface area contributed by atoms with Gasteiger partial charge in [0, 0.05) is 15.8 Å². The maximum Gasteiger partial charge on any atom is 0.255 e. The van der Waals surface area contributed by atoms with Gasteiger partial charge in [-0.3, -0.25) is 4.79 Å². The molecule has 2 heterocycles. The molecule has 5 heteroatoms. The number of thiophene rings is 1. The molecule has 0 bridgehead atoms. The molecule has 2 N–H and O–H groups in total. The maximum atomic E-state index is 12.4. The highest BCUT2D eigenvalue weighted by Crippen LogP contribution is 2.40. The summed E-state index contributed by atoms with van der Waals surface area (Å²) in [6.07, 6.45) is -0.299. The minimum atomic E-state index is -0.299. The molecule has 1 amide bonds. The molecular weight excluding hydrogens is 316 g/mol. The molecule has 0 saturated heterocycles. The number of aryl methyl sites for hydroxylation is 1. The summed E-state index contributed by atoms with van der Waals surface area (Å²) < 4.78 is 1.12. The Balaban J connectivity index is 1.81. The number of anilines is 1. The molecule has 3 aromatic rings. The number of hydrogen-bond acceptors (Lipinski definition) is 3. The van der Waals surface area contributed by atoms with Gasteiger partial charge in [-0.25, -0.2) is 0 Å². The Kier molecular flexibility index (Phi) is 3.10. The monoisotopic (exact) mass is 328 g/mol. The molecule has 0 unspecified atom stereocenters. The van der Waals surface area contributed by atoms with E-state index < -0.39 is 0 Å². The number of hydrogen-bond donors (Lipinski definition) is 2.